The topological polar surface area (TPSA) is 37.4 Å². The average molecular weight is 448 g/mol. The molecule has 0 saturated carbocycles. The second kappa shape index (κ2) is 5.99. The van der Waals surface area contributed by atoms with E-state index in [1.165, 1.54) is 4.90 Å². The van der Waals surface area contributed by atoms with Crippen molar-refractivity contribution in [3.63, 3.8) is 0 Å². The lowest BCUT2D eigenvalue weighted by atomic mass is 9.42. The molecule has 3 aromatic rings. The quantitative estimate of drug-likeness (QED) is 0.446. The lowest BCUT2D eigenvalue weighted by Crippen LogP contribution is -2.59. The second-order valence-corrected chi connectivity index (χ2v) is 9.90. The molecule has 0 aromatic heterocycles. The number of hydrogen-bond acceptors (Lipinski definition) is 2. The monoisotopic (exact) mass is 447 g/mol. The molecule has 1 aliphatic heterocycles. The highest BCUT2D eigenvalue weighted by Gasteiger charge is 2.70. The normalized spacial score (nSPS) is 30.3. The van der Waals surface area contributed by atoms with E-state index in [0.717, 1.165) is 22.3 Å². The van der Waals surface area contributed by atoms with Crippen molar-refractivity contribution in [1.82, 2.24) is 0 Å². The fraction of sp³-hybridized carbons (Fsp3) is 0.231. The highest BCUT2D eigenvalue weighted by Crippen LogP contribution is 2.66. The minimum Gasteiger partial charge on any atom is -0.274 e. The molecule has 0 N–H and O–H groups in total. The number of carbonyl (C=O) groups is 2. The van der Waals surface area contributed by atoms with E-state index in [1.807, 2.05) is 24.3 Å². The SMILES string of the molecule is CC12c3ccccc3C(C)(c3ccccc31)[C@H]1C(=O)N(c3ccc(Cl)cc3Cl)C(=O)[C@@H]12. The number of hydrogen-bond donors (Lipinski definition) is 0. The Morgan fingerprint density at radius 2 is 1.13 bits per heavy atom. The molecule has 4 aliphatic rings. The minimum absolute atomic E-state index is 0.197. The van der Waals surface area contributed by atoms with Crippen molar-refractivity contribution in [1.29, 1.82) is 0 Å². The van der Waals surface area contributed by atoms with Gasteiger partial charge in [-0.25, -0.2) is 4.90 Å². The highest BCUT2D eigenvalue weighted by molar-refractivity contribution is 6.38. The molecule has 1 heterocycles. The molecule has 2 atom stereocenters. The first-order valence-electron chi connectivity index (χ1n) is 10.3. The molecule has 0 spiro atoms. The van der Waals surface area contributed by atoms with E-state index in [0.29, 0.717) is 15.7 Å². The molecule has 3 aromatic carbocycles. The van der Waals surface area contributed by atoms with Gasteiger partial charge < -0.3 is 0 Å². The highest BCUT2D eigenvalue weighted by atomic mass is 35.5. The number of rotatable bonds is 1. The van der Waals surface area contributed by atoms with Gasteiger partial charge in [0, 0.05) is 15.9 Å². The van der Waals surface area contributed by atoms with Crippen molar-refractivity contribution in [3.05, 3.63) is 99.0 Å². The van der Waals surface area contributed by atoms with Gasteiger partial charge in [-0.2, -0.15) is 0 Å². The molecule has 0 radical (unpaired) electrons. The molecule has 2 bridgehead atoms. The van der Waals surface area contributed by atoms with Crippen molar-refractivity contribution in [3.8, 4) is 0 Å². The van der Waals surface area contributed by atoms with Crippen LogP contribution in [0.5, 0.6) is 0 Å². The smallest absolute Gasteiger partial charge is 0.239 e. The largest absolute Gasteiger partial charge is 0.274 e. The summed E-state index contributed by atoms with van der Waals surface area (Å²) in [4.78, 5) is 29.2. The molecular weight excluding hydrogens is 429 g/mol. The van der Waals surface area contributed by atoms with Crippen molar-refractivity contribution in [2.75, 3.05) is 4.90 Å². The van der Waals surface area contributed by atoms with E-state index >= 15 is 0 Å². The molecule has 3 aliphatic carbocycles. The Kier molecular flexibility index (Phi) is 3.69. The third-order valence-corrected chi connectivity index (χ3v) is 8.33. The van der Waals surface area contributed by atoms with Crippen LogP contribution in [0.3, 0.4) is 0 Å². The first-order chi connectivity index (χ1) is 14.8. The van der Waals surface area contributed by atoms with Crippen LogP contribution < -0.4 is 4.90 Å². The summed E-state index contributed by atoms with van der Waals surface area (Å²) >= 11 is 12.5. The Bertz CT molecular complexity index is 1190. The number of nitrogens with zero attached hydrogens (tertiary/aromatic N) is 1. The number of anilines is 1. The number of benzene rings is 3. The molecular formula is C26H19Cl2NO2. The zero-order valence-electron chi connectivity index (χ0n) is 17.0. The van der Waals surface area contributed by atoms with E-state index < -0.39 is 22.7 Å². The maximum atomic E-state index is 14.0. The van der Waals surface area contributed by atoms with Gasteiger partial charge in [0.15, 0.2) is 0 Å². The molecule has 7 rings (SSSR count). The van der Waals surface area contributed by atoms with Crippen molar-refractivity contribution < 1.29 is 9.59 Å². The number of halogens is 2. The summed E-state index contributed by atoms with van der Waals surface area (Å²) in [6, 6.07) is 21.4. The van der Waals surface area contributed by atoms with Gasteiger partial charge in [0.25, 0.3) is 0 Å². The van der Waals surface area contributed by atoms with Crippen molar-refractivity contribution in [2.24, 2.45) is 11.8 Å². The predicted octanol–water partition coefficient (Wildman–Crippen LogP) is 5.74. The summed E-state index contributed by atoms with van der Waals surface area (Å²) in [6.45, 7) is 4.22. The zero-order valence-corrected chi connectivity index (χ0v) is 18.5. The molecule has 3 nitrogen and oxygen atoms in total. The Balaban J connectivity index is 1.66. The Morgan fingerprint density at radius 3 is 1.52 bits per heavy atom. The third kappa shape index (κ3) is 2.07. The lowest BCUT2D eigenvalue weighted by Gasteiger charge is -2.57. The van der Waals surface area contributed by atoms with Crippen molar-refractivity contribution >= 4 is 40.7 Å². The van der Waals surface area contributed by atoms with Crippen LogP contribution in [-0.2, 0) is 20.4 Å². The molecule has 2 amide bonds. The Labute approximate surface area is 190 Å². The zero-order chi connectivity index (χ0) is 21.7. The van der Waals surface area contributed by atoms with Crippen LogP contribution in [0.25, 0.3) is 0 Å². The van der Waals surface area contributed by atoms with Gasteiger partial charge in [0.1, 0.15) is 0 Å². The van der Waals surface area contributed by atoms with Crippen LogP contribution in [0.1, 0.15) is 36.1 Å². The summed E-state index contributed by atoms with van der Waals surface area (Å²) in [5.41, 5.74) is 3.71. The fourth-order valence-electron chi connectivity index (χ4n) is 6.47. The van der Waals surface area contributed by atoms with Crippen LogP contribution >= 0.6 is 23.2 Å². The number of carbonyl (C=O) groups excluding carboxylic acids is 2. The summed E-state index contributed by atoms with van der Waals surface area (Å²) in [5.74, 6) is -1.39. The molecule has 154 valence electrons. The van der Waals surface area contributed by atoms with Gasteiger partial charge in [-0.1, -0.05) is 85.6 Å². The molecule has 31 heavy (non-hydrogen) atoms. The van der Waals surface area contributed by atoms with Crippen molar-refractivity contribution in [2.45, 2.75) is 24.7 Å². The average Bonchev–Trinajstić information content (AvgIpc) is 3.04. The molecule has 1 saturated heterocycles. The lowest BCUT2D eigenvalue weighted by molar-refractivity contribution is -0.124. The third-order valence-electron chi connectivity index (χ3n) is 7.79. The van der Waals surface area contributed by atoms with E-state index in [1.54, 1.807) is 18.2 Å². The molecule has 5 heteroatoms. The fourth-order valence-corrected chi connectivity index (χ4v) is 6.96. The van der Waals surface area contributed by atoms with E-state index in [9.17, 15) is 9.59 Å². The van der Waals surface area contributed by atoms with E-state index in [-0.39, 0.29) is 11.8 Å². The summed E-state index contributed by atoms with van der Waals surface area (Å²) < 4.78 is 0. The van der Waals surface area contributed by atoms with Crippen LogP contribution in [0.4, 0.5) is 5.69 Å². The van der Waals surface area contributed by atoms with Gasteiger partial charge in [-0.05, 0) is 40.5 Å². The van der Waals surface area contributed by atoms with Gasteiger partial charge in [0.2, 0.25) is 11.8 Å². The Hall–Kier alpha value is -2.62. The molecule has 0 unspecified atom stereocenters. The maximum Gasteiger partial charge on any atom is 0.239 e. The molecule has 1 fully saturated rings. The second-order valence-electron chi connectivity index (χ2n) is 9.06. The predicted molar refractivity (Wildman–Crippen MR) is 122 cm³/mol. The standard InChI is InChI=1S/C26H19Cl2NO2/c1-25-15-7-3-5-9-17(15)26(2,18-10-6-4-8-16(18)25)22-21(25)23(30)29(24(22)31)20-12-11-14(27)13-19(20)28/h3-13,21-22H,1-2H3/t21-,22-,25?,26?/m1/s1. The van der Waals surface area contributed by atoms with Gasteiger partial charge >= 0.3 is 0 Å². The van der Waals surface area contributed by atoms with E-state index in [2.05, 4.69) is 38.1 Å². The van der Waals surface area contributed by atoms with Crippen LogP contribution in [-0.4, -0.2) is 11.8 Å². The van der Waals surface area contributed by atoms with Gasteiger partial charge in [-0.3, -0.25) is 9.59 Å². The van der Waals surface area contributed by atoms with Gasteiger partial charge in [0.05, 0.1) is 22.5 Å². The van der Waals surface area contributed by atoms with Crippen LogP contribution in [0.15, 0.2) is 66.7 Å². The Morgan fingerprint density at radius 1 is 0.710 bits per heavy atom. The first-order valence-corrected chi connectivity index (χ1v) is 11.1. The number of imide groups is 1. The van der Waals surface area contributed by atoms with Crippen LogP contribution in [0, 0.1) is 11.8 Å². The van der Waals surface area contributed by atoms with E-state index in [4.69, 9.17) is 23.2 Å². The van der Waals surface area contributed by atoms with Crippen LogP contribution in [0.2, 0.25) is 10.0 Å². The summed E-state index contributed by atoms with van der Waals surface area (Å²) in [6.07, 6.45) is 0. The minimum atomic E-state index is -0.601. The maximum absolute atomic E-state index is 14.0. The first kappa shape index (κ1) is 19.1. The summed E-state index contributed by atoms with van der Waals surface area (Å²) in [7, 11) is 0. The number of amides is 2. The van der Waals surface area contributed by atoms with Gasteiger partial charge in [-0.15, -0.1) is 0 Å². The summed E-state index contributed by atoms with van der Waals surface area (Å²) in [5, 5.41) is 0.759.